The van der Waals surface area contributed by atoms with Crippen molar-refractivity contribution in [1.82, 2.24) is 0 Å². The van der Waals surface area contributed by atoms with Crippen LogP contribution in [0.5, 0.6) is 0 Å². The molecular formula is C11H12ClNO2. The summed E-state index contributed by atoms with van der Waals surface area (Å²) in [6, 6.07) is 6.90. The van der Waals surface area contributed by atoms with Gasteiger partial charge in [0.1, 0.15) is 5.88 Å². The van der Waals surface area contributed by atoms with E-state index in [1.165, 1.54) is 0 Å². The van der Waals surface area contributed by atoms with Gasteiger partial charge in [-0.3, -0.25) is 9.59 Å². The van der Waals surface area contributed by atoms with Gasteiger partial charge in [0.25, 0.3) is 0 Å². The van der Waals surface area contributed by atoms with Crippen LogP contribution in [0.25, 0.3) is 0 Å². The molecule has 15 heavy (non-hydrogen) atoms. The number of hydrogen-bond donors (Lipinski definition) is 1. The van der Waals surface area contributed by atoms with Crippen molar-refractivity contribution in [2.45, 2.75) is 13.3 Å². The molecule has 1 aromatic rings. The highest BCUT2D eigenvalue weighted by atomic mass is 35.5. The van der Waals surface area contributed by atoms with Crippen molar-refractivity contribution >= 4 is 29.0 Å². The lowest BCUT2D eigenvalue weighted by Gasteiger charge is -2.07. The number of carbonyl (C=O) groups is 2. The lowest BCUT2D eigenvalue weighted by Crippen LogP contribution is -2.15. The molecule has 0 saturated heterocycles. The van der Waals surface area contributed by atoms with Gasteiger partial charge in [-0.2, -0.15) is 0 Å². The molecule has 1 N–H and O–H groups in total. The maximum Gasteiger partial charge on any atom is 0.239 e. The van der Waals surface area contributed by atoms with Crippen molar-refractivity contribution in [3.8, 4) is 0 Å². The van der Waals surface area contributed by atoms with Crippen LogP contribution in [0.15, 0.2) is 24.3 Å². The number of halogens is 1. The fourth-order valence-electron chi connectivity index (χ4n) is 1.21. The van der Waals surface area contributed by atoms with Crippen LogP contribution >= 0.6 is 11.6 Å². The van der Waals surface area contributed by atoms with Crippen molar-refractivity contribution in [3.63, 3.8) is 0 Å². The third-order valence-electron chi connectivity index (χ3n) is 1.94. The number of carbonyl (C=O) groups excluding carboxylic acids is 2. The minimum absolute atomic E-state index is 0.000437. The Morgan fingerprint density at radius 1 is 1.33 bits per heavy atom. The van der Waals surface area contributed by atoms with E-state index in [0.29, 0.717) is 17.7 Å². The average Bonchev–Trinajstić information content (AvgIpc) is 2.28. The summed E-state index contributed by atoms with van der Waals surface area (Å²) in [5.74, 6) is -0.428. The van der Waals surface area contributed by atoms with Crippen LogP contribution in [-0.4, -0.2) is 17.6 Å². The Labute approximate surface area is 93.4 Å². The van der Waals surface area contributed by atoms with Gasteiger partial charge in [-0.15, -0.1) is 11.6 Å². The quantitative estimate of drug-likeness (QED) is 0.632. The monoisotopic (exact) mass is 225 g/mol. The van der Waals surface area contributed by atoms with Gasteiger partial charge in [0.05, 0.1) is 5.69 Å². The van der Waals surface area contributed by atoms with Gasteiger partial charge in [-0.25, -0.2) is 0 Å². The van der Waals surface area contributed by atoms with E-state index in [1.54, 1.807) is 31.2 Å². The first-order valence-electron chi connectivity index (χ1n) is 4.67. The number of Topliss-reactive ketones (excluding diaryl/α,β-unsaturated/α-hetero) is 1. The van der Waals surface area contributed by atoms with E-state index in [9.17, 15) is 9.59 Å². The predicted molar refractivity (Wildman–Crippen MR) is 60.4 cm³/mol. The maximum atomic E-state index is 11.5. The van der Waals surface area contributed by atoms with E-state index in [4.69, 9.17) is 11.6 Å². The highest BCUT2D eigenvalue weighted by Gasteiger charge is 2.10. The molecule has 1 rings (SSSR count). The minimum Gasteiger partial charge on any atom is -0.324 e. The first-order chi connectivity index (χ1) is 7.19. The summed E-state index contributed by atoms with van der Waals surface area (Å²) in [7, 11) is 0. The fourth-order valence-corrected chi connectivity index (χ4v) is 1.28. The first-order valence-corrected chi connectivity index (χ1v) is 5.20. The lowest BCUT2D eigenvalue weighted by atomic mass is 10.1. The smallest absolute Gasteiger partial charge is 0.239 e. The van der Waals surface area contributed by atoms with Crippen LogP contribution in [0.1, 0.15) is 23.7 Å². The zero-order chi connectivity index (χ0) is 11.3. The lowest BCUT2D eigenvalue weighted by molar-refractivity contribution is -0.113. The third kappa shape index (κ3) is 3.06. The molecule has 3 nitrogen and oxygen atoms in total. The molecule has 0 aliphatic rings. The van der Waals surface area contributed by atoms with E-state index < -0.39 is 0 Å². The minimum atomic E-state index is -0.312. The van der Waals surface area contributed by atoms with Crippen LogP contribution < -0.4 is 5.32 Å². The summed E-state index contributed by atoms with van der Waals surface area (Å²) in [5.41, 5.74) is 1.05. The Morgan fingerprint density at radius 2 is 2.00 bits per heavy atom. The predicted octanol–water partition coefficient (Wildman–Crippen LogP) is 2.46. The first kappa shape index (κ1) is 11.7. The van der Waals surface area contributed by atoms with Gasteiger partial charge in [-0.05, 0) is 12.1 Å². The number of nitrogens with one attached hydrogen (secondary N) is 1. The highest BCUT2D eigenvalue weighted by Crippen LogP contribution is 2.16. The van der Waals surface area contributed by atoms with Gasteiger partial charge in [0.15, 0.2) is 5.78 Å². The molecule has 0 fully saturated rings. The number of anilines is 1. The van der Waals surface area contributed by atoms with Crippen molar-refractivity contribution in [1.29, 1.82) is 0 Å². The molecule has 1 amide bonds. The molecule has 0 saturated carbocycles. The summed E-state index contributed by atoms with van der Waals surface area (Å²) < 4.78 is 0. The van der Waals surface area contributed by atoms with Crippen LogP contribution in [0.2, 0.25) is 0 Å². The zero-order valence-electron chi connectivity index (χ0n) is 8.42. The fraction of sp³-hybridized carbons (Fsp3) is 0.273. The van der Waals surface area contributed by atoms with Gasteiger partial charge in [0.2, 0.25) is 5.91 Å². The Morgan fingerprint density at radius 3 is 2.60 bits per heavy atom. The number of amides is 1. The molecule has 80 valence electrons. The number of alkyl halides is 1. The van der Waals surface area contributed by atoms with Crippen molar-refractivity contribution < 1.29 is 9.59 Å². The van der Waals surface area contributed by atoms with Gasteiger partial charge >= 0.3 is 0 Å². The summed E-state index contributed by atoms with van der Waals surface area (Å²) >= 11 is 5.37. The number of para-hydroxylation sites is 1. The Balaban J connectivity index is 2.96. The molecule has 0 unspecified atom stereocenters. The summed E-state index contributed by atoms with van der Waals surface area (Å²) in [6.45, 7) is 1.78. The molecule has 0 spiro atoms. The Kier molecular flexibility index (Phi) is 4.31. The molecule has 4 heteroatoms. The molecule has 0 bridgehead atoms. The molecule has 0 aliphatic carbocycles. The zero-order valence-corrected chi connectivity index (χ0v) is 9.17. The SMILES string of the molecule is CCC(=O)c1ccccc1NC(=O)CCl. The van der Waals surface area contributed by atoms with Gasteiger partial charge < -0.3 is 5.32 Å². The molecule has 0 atom stereocenters. The number of rotatable bonds is 4. The summed E-state index contributed by atoms with van der Waals surface area (Å²) in [6.07, 6.45) is 0.410. The Hall–Kier alpha value is -1.35. The van der Waals surface area contributed by atoms with E-state index in [-0.39, 0.29) is 17.6 Å². The van der Waals surface area contributed by atoms with E-state index in [0.717, 1.165) is 0 Å². The van der Waals surface area contributed by atoms with Gasteiger partial charge in [-0.1, -0.05) is 19.1 Å². The van der Waals surface area contributed by atoms with Crippen molar-refractivity contribution in [2.75, 3.05) is 11.2 Å². The normalized spacial score (nSPS) is 9.73. The molecule has 0 aliphatic heterocycles. The standard InChI is InChI=1S/C11H12ClNO2/c1-2-10(14)8-5-3-4-6-9(8)13-11(15)7-12/h3-6H,2,7H2,1H3,(H,13,15). The van der Waals surface area contributed by atoms with Crippen LogP contribution in [-0.2, 0) is 4.79 Å². The summed E-state index contributed by atoms with van der Waals surface area (Å²) in [4.78, 5) is 22.6. The third-order valence-corrected chi connectivity index (χ3v) is 2.19. The van der Waals surface area contributed by atoms with Crippen LogP contribution in [0, 0.1) is 0 Å². The van der Waals surface area contributed by atoms with E-state index >= 15 is 0 Å². The maximum absolute atomic E-state index is 11.5. The van der Waals surface area contributed by atoms with Crippen molar-refractivity contribution in [2.24, 2.45) is 0 Å². The second kappa shape index (κ2) is 5.51. The van der Waals surface area contributed by atoms with Crippen molar-refractivity contribution in [3.05, 3.63) is 29.8 Å². The van der Waals surface area contributed by atoms with Gasteiger partial charge in [0, 0.05) is 12.0 Å². The molecule has 0 radical (unpaired) electrons. The number of benzene rings is 1. The van der Waals surface area contributed by atoms with E-state index in [2.05, 4.69) is 5.32 Å². The molecular weight excluding hydrogens is 214 g/mol. The van der Waals surface area contributed by atoms with E-state index in [1.807, 2.05) is 0 Å². The molecule has 0 aromatic heterocycles. The number of hydrogen-bond acceptors (Lipinski definition) is 2. The average molecular weight is 226 g/mol. The second-order valence-electron chi connectivity index (χ2n) is 3.00. The largest absolute Gasteiger partial charge is 0.324 e. The Bertz CT molecular complexity index is 377. The topological polar surface area (TPSA) is 46.2 Å². The van der Waals surface area contributed by atoms with Crippen LogP contribution in [0.4, 0.5) is 5.69 Å². The van der Waals surface area contributed by atoms with Crippen LogP contribution in [0.3, 0.4) is 0 Å². The second-order valence-corrected chi connectivity index (χ2v) is 3.27. The number of ketones is 1. The molecule has 1 aromatic carbocycles. The highest BCUT2D eigenvalue weighted by molar-refractivity contribution is 6.29. The summed E-state index contributed by atoms with van der Waals surface area (Å²) in [5, 5.41) is 2.58. The molecule has 0 heterocycles.